The van der Waals surface area contributed by atoms with Crippen molar-refractivity contribution in [2.45, 2.75) is 13.0 Å². The zero-order chi connectivity index (χ0) is 13.1. The SMILES string of the molecule is C[C@H](O)c1cccnc1Oc1ccc(Br)cc1F. The van der Waals surface area contributed by atoms with E-state index < -0.39 is 11.9 Å². The van der Waals surface area contributed by atoms with Gasteiger partial charge in [-0.05, 0) is 37.3 Å². The van der Waals surface area contributed by atoms with Crippen molar-refractivity contribution in [2.75, 3.05) is 0 Å². The molecule has 2 rings (SSSR count). The second-order valence-corrected chi connectivity index (χ2v) is 4.67. The first kappa shape index (κ1) is 13.0. The van der Waals surface area contributed by atoms with Gasteiger partial charge in [0.05, 0.1) is 6.10 Å². The first-order valence-electron chi connectivity index (χ1n) is 5.34. The van der Waals surface area contributed by atoms with Crippen molar-refractivity contribution < 1.29 is 14.2 Å². The monoisotopic (exact) mass is 311 g/mol. The summed E-state index contributed by atoms with van der Waals surface area (Å²) in [6.07, 6.45) is 0.796. The van der Waals surface area contributed by atoms with Crippen molar-refractivity contribution in [1.29, 1.82) is 0 Å². The molecular weight excluding hydrogens is 301 g/mol. The minimum atomic E-state index is -0.729. The quantitative estimate of drug-likeness (QED) is 0.936. The summed E-state index contributed by atoms with van der Waals surface area (Å²) in [7, 11) is 0. The number of nitrogens with zero attached hydrogens (tertiary/aromatic N) is 1. The van der Waals surface area contributed by atoms with Gasteiger partial charge >= 0.3 is 0 Å². The summed E-state index contributed by atoms with van der Waals surface area (Å²) in [6.45, 7) is 1.60. The summed E-state index contributed by atoms with van der Waals surface area (Å²) in [6, 6.07) is 7.85. The third kappa shape index (κ3) is 2.86. The molecule has 0 saturated heterocycles. The lowest BCUT2D eigenvalue weighted by atomic mass is 10.2. The zero-order valence-corrected chi connectivity index (χ0v) is 11.2. The van der Waals surface area contributed by atoms with Gasteiger partial charge in [0.15, 0.2) is 11.6 Å². The fraction of sp³-hybridized carbons (Fsp3) is 0.154. The Bertz CT molecular complexity index is 560. The number of benzene rings is 1. The van der Waals surface area contributed by atoms with Crippen LogP contribution >= 0.6 is 15.9 Å². The molecule has 1 atom stereocenters. The number of rotatable bonds is 3. The average molecular weight is 312 g/mol. The van der Waals surface area contributed by atoms with Crippen LogP contribution in [0, 0.1) is 5.82 Å². The Morgan fingerprint density at radius 2 is 2.17 bits per heavy atom. The third-order valence-electron chi connectivity index (χ3n) is 2.35. The molecule has 1 heterocycles. The molecule has 5 heteroatoms. The van der Waals surface area contributed by atoms with E-state index >= 15 is 0 Å². The van der Waals surface area contributed by atoms with Crippen molar-refractivity contribution in [3.05, 3.63) is 52.4 Å². The van der Waals surface area contributed by atoms with Crippen LogP contribution < -0.4 is 4.74 Å². The van der Waals surface area contributed by atoms with Crippen LogP contribution in [0.2, 0.25) is 0 Å². The number of hydrogen-bond donors (Lipinski definition) is 1. The molecule has 3 nitrogen and oxygen atoms in total. The number of halogens is 2. The first-order chi connectivity index (χ1) is 8.58. The van der Waals surface area contributed by atoms with E-state index in [-0.39, 0.29) is 11.6 Å². The van der Waals surface area contributed by atoms with E-state index in [2.05, 4.69) is 20.9 Å². The Morgan fingerprint density at radius 3 is 2.83 bits per heavy atom. The Labute approximate surface area is 112 Å². The van der Waals surface area contributed by atoms with Crippen LogP contribution in [0.25, 0.3) is 0 Å². The summed E-state index contributed by atoms with van der Waals surface area (Å²) in [5.74, 6) is -0.223. The summed E-state index contributed by atoms with van der Waals surface area (Å²) in [4.78, 5) is 4.00. The van der Waals surface area contributed by atoms with Crippen LogP contribution in [0.15, 0.2) is 41.0 Å². The van der Waals surface area contributed by atoms with Gasteiger partial charge in [-0.1, -0.05) is 15.9 Å². The Balaban J connectivity index is 2.34. The van der Waals surface area contributed by atoms with E-state index in [1.54, 1.807) is 25.1 Å². The van der Waals surface area contributed by atoms with E-state index in [0.717, 1.165) is 0 Å². The first-order valence-corrected chi connectivity index (χ1v) is 6.13. The van der Waals surface area contributed by atoms with Crippen molar-refractivity contribution >= 4 is 15.9 Å². The smallest absolute Gasteiger partial charge is 0.225 e. The minimum absolute atomic E-state index is 0.0683. The molecule has 0 saturated carbocycles. The Morgan fingerprint density at radius 1 is 1.39 bits per heavy atom. The predicted octanol–water partition coefficient (Wildman–Crippen LogP) is 3.83. The molecule has 1 aromatic carbocycles. The third-order valence-corrected chi connectivity index (χ3v) is 2.84. The van der Waals surface area contributed by atoms with E-state index in [4.69, 9.17) is 4.74 Å². The molecule has 0 aliphatic heterocycles. The highest BCUT2D eigenvalue weighted by molar-refractivity contribution is 9.10. The molecule has 94 valence electrons. The van der Waals surface area contributed by atoms with E-state index in [9.17, 15) is 9.50 Å². The predicted molar refractivity (Wildman–Crippen MR) is 69.0 cm³/mol. The lowest BCUT2D eigenvalue weighted by Crippen LogP contribution is -1.99. The molecule has 18 heavy (non-hydrogen) atoms. The number of aromatic nitrogens is 1. The van der Waals surface area contributed by atoms with Crippen molar-refractivity contribution in [2.24, 2.45) is 0 Å². The van der Waals surface area contributed by atoms with Gasteiger partial charge in [0.2, 0.25) is 5.88 Å². The fourth-order valence-corrected chi connectivity index (χ4v) is 1.80. The largest absolute Gasteiger partial charge is 0.436 e. The van der Waals surface area contributed by atoms with E-state index in [1.165, 1.54) is 18.3 Å². The maximum atomic E-state index is 13.6. The minimum Gasteiger partial charge on any atom is -0.436 e. The topological polar surface area (TPSA) is 42.4 Å². The number of ether oxygens (including phenoxy) is 1. The lowest BCUT2D eigenvalue weighted by molar-refractivity contribution is 0.194. The molecule has 0 fully saturated rings. The van der Waals surface area contributed by atoms with Gasteiger partial charge in [-0.3, -0.25) is 0 Å². The van der Waals surface area contributed by atoms with Crippen LogP contribution in [0.3, 0.4) is 0 Å². The van der Waals surface area contributed by atoms with E-state index in [1.807, 2.05) is 0 Å². The number of hydrogen-bond acceptors (Lipinski definition) is 3. The average Bonchev–Trinajstić information content (AvgIpc) is 2.33. The number of aliphatic hydroxyl groups is 1. The summed E-state index contributed by atoms with van der Waals surface area (Å²) in [5, 5.41) is 9.57. The van der Waals surface area contributed by atoms with Crippen molar-refractivity contribution in [3.63, 3.8) is 0 Å². The molecule has 0 bridgehead atoms. The highest BCUT2D eigenvalue weighted by Crippen LogP contribution is 2.29. The highest BCUT2D eigenvalue weighted by atomic mass is 79.9. The Hall–Kier alpha value is -1.46. The fourth-order valence-electron chi connectivity index (χ4n) is 1.47. The standard InChI is InChI=1S/C13H11BrFNO2/c1-8(17)10-3-2-6-16-13(10)18-12-5-4-9(14)7-11(12)15/h2-8,17H,1H3/t8-/m0/s1. The van der Waals surface area contributed by atoms with E-state index in [0.29, 0.717) is 10.0 Å². The molecule has 0 aliphatic rings. The molecule has 0 unspecified atom stereocenters. The Kier molecular flexibility index (Phi) is 3.93. The van der Waals surface area contributed by atoms with Crippen LogP contribution in [0.5, 0.6) is 11.6 Å². The number of aliphatic hydroxyl groups excluding tert-OH is 1. The normalized spacial score (nSPS) is 12.2. The molecular formula is C13H11BrFNO2. The molecule has 1 N–H and O–H groups in total. The van der Waals surface area contributed by atoms with Crippen molar-refractivity contribution in [3.8, 4) is 11.6 Å². The summed E-state index contributed by atoms with van der Waals surface area (Å²) >= 11 is 3.17. The molecule has 0 aliphatic carbocycles. The summed E-state index contributed by atoms with van der Waals surface area (Å²) < 4.78 is 19.6. The molecule has 0 radical (unpaired) electrons. The molecule has 0 spiro atoms. The van der Waals surface area contributed by atoms with Crippen LogP contribution in [0.1, 0.15) is 18.6 Å². The van der Waals surface area contributed by atoms with Gasteiger partial charge in [0, 0.05) is 16.2 Å². The van der Waals surface area contributed by atoms with Crippen LogP contribution in [-0.2, 0) is 0 Å². The molecule has 2 aromatic rings. The maximum Gasteiger partial charge on any atom is 0.225 e. The van der Waals surface area contributed by atoms with Gasteiger partial charge in [0.1, 0.15) is 0 Å². The van der Waals surface area contributed by atoms with Crippen LogP contribution in [0.4, 0.5) is 4.39 Å². The zero-order valence-electron chi connectivity index (χ0n) is 9.60. The van der Waals surface area contributed by atoms with Gasteiger partial charge in [-0.25, -0.2) is 9.37 Å². The second-order valence-electron chi connectivity index (χ2n) is 3.75. The number of pyridine rings is 1. The van der Waals surface area contributed by atoms with Gasteiger partial charge in [-0.2, -0.15) is 0 Å². The van der Waals surface area contributed by atoms with Gasteiger partial charge in [0.25, 0.3) is 0 Å². The van der Waals surface area contributed by atoms with Gasteiger partial charge in [-0.15, -0.1) is 0 Å². The maximum absolute atomic E-state index is 13.6. The second kappa shape index (κ2) is 5.46. The van der Waals surface area contributed by atoms with Gasteiger partial charge < -0.3 is 9.84 Å². The van der Waals surface area contributed by atoms with Crippen molar-refractivity contribution in [1.82, 2.24) is 4.98 Å². The van der Waals surface area contributed by atoms with Crippen LogP contribution in [-0.4, -0.2) is 10.1 Å². The lowest BCUT2D eigenvalue weighted by Gasteiger charge is -2.12. The molecule has 1 aromatic heterocycles. The summed E-state index contributed by atoms with van der Waals surface area (Å²) in [5.41, 5.74) is 0.514. The highest BCUT2D eigenvalue weighted by Gasteiger charge is 2.13. The molecule has 0 amide bonds.